The summed E-state index contributed by atoms with van der Waals surface area (Å²) < 4.78 is 18.3. The molecule has 1 aliphatic heterocycles. The van der Waals surface area contributed by atoms with Crippen LogP contribution in [-0.4, -0.2) is 54.9 Å². The molecule has 0 radical (unpaired) electrons. The molecule has 1 heterocycles. The van der Waals surface area contributed by atoms with Crippen LogP contribution in [0.1, 0.15) is 32.3 Å². The Bertz CT molecular complexity index is 883. The number of β-amino-alcohol motifs (C(OH)–C–C–N with tert-alkyl or cyclic N) is 1. The van der Waals surface area contributed by atoms with E-state index < -0.39 is 6.10 Å². The molecule has 3 N–H and O–H groups in total. The number of carbonyl (C=O) groups excluding carboxylic acids is 1. The van der Waals surface area contributed by atoms with Gasteiger partial charge in [0.25, 0.3) is 0 Å². The first kappa shape index (κ1) is 25.0. The highest BCUT2D eigenvalue weighted by atomic mass is 19.1. The summed E-state index contributed by atoms with van der Waals surface area (Å²) in [5, 5.41) is 16.7. The van der Waals surface area contributed by atoms with Crippen LogP contribution >= 0.6 is 0 Å². The third kappa shape index (κ3) is 7.72. The fraction of sp³-hybridized carbons (Fsp3) is 0.500. The first-order valence-electron chi connectivity index (χ1n) is 11.7. The summed E-state index contributed by atoms with van der Waals surface area (Å²) in [6.45, 7) is 6.32. The van der Waals surface area contributed by atoms with Crippen molar-refractivity contribution >= 4 is 11.7 Å². The number of aliphatic hydroxyl groups excluding tert-OH is 1. The monoisotopic (exact) mass is 457 g/mol. The van der Waals surface area contributed by atoms with E-state index in [4.69, 9.17) is 4.74 Å². The summed E-state index contributed by atoms with van der Waals surface area (Å²) in [4.78, 5) is 14.8. The number of urea groups is 1. The molecule has 0 saturated carbocycles. The Kier molecular flexibility index (Phi) is 9.09. The van der Waals surface area contributed by atoms with Crippen LogP contribution in [0.2, 0.25) is 0 Å². The van der Waals surface area contributed by atoms with Crippen molar-refractivity contribution in [3.05, 3.63) is 59.9 Å². The number of piperidine rings is 1. The molecular weight excluding hydrogens is 421 g/mol. The number of benzene rings is 2. The summed E-state index contributed by atoms with van der Waals surface area (Å²) in [7, 11) is 1.58. The second-order valence-electron chi connectivity index (χ2n) is 9.24. The normalized spacial score (nSPS) is 16.9. The maximum Gasteiger partial charge on any atom is 0.319 e. The molecule has 2 amide bonds. The Morgan fingerprint density at radius 1 is 1.18 bits per heavy atom. The minimum atomic E-state index is -0.672. The number of carbonyl (C=O) groups is 1. The van der Waals surface area contributed by atoms with E-state index >= 15 is 0 Å². The number of hydrogen-bond acceptors (Lipinski definition) is 4. The zero-order valence-corrected chi connectivity index (χ0v) is 19.8. The number of nitrogens with zero attached hydrogens (tertiary/aromatic N) is 1. The zero-order valence-electron chi connectivity index (χ0n) is 19.8. The largest absolute Gasteiger partial charge is 0.497 e. The van der Waals surface area contributed by atoms with Crippen LogP contribution in [0.15, 0.2) is 48.5 Å². The smallest absolute Gasteiger partial charge is 0.319 e. The van der Waals surface area contributed by atoms with E-state index in [2.05, 4.69) is 15.5 Å². The van der Waals surface area contributed by atoms with Crippen molar-refractivity contribution in [3.8, 4) is 5.75 Å². The average molecular weight is 458 g/mol. The van der Waals surface area contributed by atoms with E-state index in [0.29, 0.717) is 23.9 Å². The summed E-state index contributed by atoms with van der Waals surface area (Å²) in [5.41, 5.74) is 1.80. The Hall–Kier alpha value is -2.64. The number of methoxy groups -OCH3 is 1. The van der Waals surface area contributed by atoms with E-state index in [0.717, 1.165) is 32.4 Å². The number of likely N-dealkylation sites (tertiary alicyclic amines) is 1. The van der Waals surface area contributed by atoms with Gasteiger partial charge in [-0.3, -0.25) is 0 Å². The molecule has 3 rings (SSSR count). The lowest BCUT2D eigenvalue weighted by Gasteiger charge is -2.36. The highest BCUT2D eigenvalue weighted by molar-refractivity contribution is 5.89. The predicted octanol–water partition coefficient (Wildman–Crippen LogP) is 4.30. The summed E-state index contributed by atoms with van der Waals surface area (Å²) >= 11 is 0. The van der Waals surface area contributed by atoms with Crippen molar-refractivity contribution in [1.29, 1.82) is 0 Å². The van der Waals surface area contributed by atoms with Gasteiger partial charge in [-0.15, -0.1) is 0 Å². The molecule has 7 heteroatoms. The Labute approximate surface area is 196 Å². The van der Waals surface area contributed by atoms with Crippen molar-refractivity contribution in [2.75, 3.05) is 32.1 Å². The van der Waals surface area contributed by atoms with Crippen LogP contribution in [0.4, 0.5) is 14.9 Å². The Morgan fingerprint density at radius 2 is 1.88 bits per heavy atom. The standard InChI is InChI=1S/C26H36FN3O3/c1-18(2)25(29-26(32)28-22-5-4-6-23(16-22)33-3)24(31)17-30-13-11-20(12-14-30)15-19-7-9-21(27)10-8-19/h4-10,16,18,20,24-25,31H,11-15,17H2,1-3H3,(H2,28,29,32). The number of nitrogens with one attached hydrogen (secondary N) is 2. The third-order valence-electron chi connectivity index (χ3n) is 6.35. The lowest BCUT2D eigenvalue weighted by molar-refractivity contribution is 0.0539. The molecule has 2 aromatic rings. The molecule has 180 valence electrons. The molecule has 0 spiro atoms. The summed E-state index contributed by atoms with van der Waals surface area (Å²) in [6.07, 6.45) is 2.37. The highest BCUT2D eigenvalue weighted by Gasteiger charge is 2.28. The van der Waals surface area contributed by atoms with Gasteiger partial charge in [-0.1, -0.05) is 32.0 Å². The van der Waals surface area contributed by atoms with Crippen LogP contribution in [-0.2, 0) is 6.42 Å². The fourth-order valence-corrected chi connectivity index (χ4v) is 4.43. The van der Waals surface area contributed by atoms with Crippen molar-refractivity contribution in [3.63, 3.8) is 0 Å². The molecule has 33 heavy (non-hydrogen) atoms. The van der Waals surface area contributed by atoms with Gasteiger partial charge < -0.3 is 25.4 Å². The SMILES string of the molecule is COc1cccc(NC(=O)NC(C(C)C)C(O)CN2CCC(Cc3ccc(F)cc3)CC2)c1. The number of hydrogen-bond donors (Lipinski definition) is 3. The maximum absolute atomic E-state index is 13.1. The van der Waals surface area contributed by atoms with Crippen LogP contribution in [0, 0.1) is 17.7 Å². The van der Waals surface area contributed by atoms with Crippen molar-refractivity contribution in [2.45, 2.75) is 45.3 Å². The second kappa shape index (κ2) is 12.0. The van der Waals surface area contributed by atoms with E-state index in [1.54, 1.807) is 19.2 Å². The second-order valence-corrected chi connectivity index (χ2v) is 9.24. The van der Waals surface area contributed by atoms with Crippen LogP contribution in [0.5, 0.6) is 5.75 Å². The molecule has 2 atom stereocenters. The quantitative estimate of drug-likeness (QED) is 0.525. The number of ether oxygens (including phenoxy) is 1. The van der Waals surface area contributed by atoms with Gasteiger partial charge >= 0.3 is 6.03 Å². The van der Waals surface area contributed by atoms with Crippen molar-refractivity contribution in [1.82, 2.24) is 10.2 Å². The molecule has 2 unspecified atom stereocenters. The zero-order chi connectivity index (χ0) is 23.8. The Balaban J connectivity index is 1.47. The molecule has 0 aliphatic carbocycles. The lowest BCUT2D eigenvalue weighted by atomic mass is 9.89. The maximum atomic E-state index is 13.1. The molecule has 1 aliphatic rings. The van der Waals surface area contributed by atoms with Gasteiger partial charge in [0.2, 0.25) is 0 Å². The number of aliphatic hydroxyl groups is 1. The fourth-order valence-electron chi connectivity index (χ4n) is 4.43. The van der Waals surface area contributed by atoms with E-state index in [1.165, 1.54) is 17.7 Å². The van der Waals surface area contributed by atoms with Gasteiger partial charge in [-0.25, -0.2) is 9.18 Å². The first-order chi connectivity index (χ1) is 15.8. The first-order valence-corrected chi connectivity index (χ1v) is 11.7. The number of halogens is 1. The molecule has 0 bridgehead atoms. The predicted molar refractivity (Wildman–Crippen MR) is 129 cm³/mol. The van der Waals surface area contributed by atoms with E-state index in [-0.39, 0.29) is 23.8 Å². The van der Waals surface area contributed by atoms with Crippen molar-refractivity contribution in [2.24, 2.45) is 11.8 Å². The van der Waals surface area contributed by atoms with Crippen molar-refractivity contribution < 1.29 is 19.0 Å². The van der Waals surface area contributed by atoms with Crippen LogP contribution < -0.4 is 15.4 Å². The number of anilines is 1. The van der Waals surface area contributed by atoms with E-state index in [9.17, 15) is 14.3 Å². The molecular formula is C26H36FN3O3. The van der Waals surface area contributed by atoms with Gasteiger partial charge in [0.05, 0.1) is 19.3 Å². The Morgan fingerprint density at radius 3 is 2.52 bits per heavy atom. The van der Waals surface area contributed by atoms with E-state index in [1.807, 2.05) is 38.1 Å². The molecule has 1 fully saturated rings. The topological polar surface area (TPSA) is 73.8 Å². The molecule has 1 saturated heterocycles. The summed E-state index contributed by atoms with van der Waals surface area (Å²) in [5.74, 6) is 1.10. The van der Waals surface area contributed by atoms with Gasteiger partial charge in [-0.2, -0.15) is 0 Å². The third-order valence-corrected chi connectivity index (χ3v) is 6.35. The summed E-state index contributed by atoms with van der Waals surface area (Å²) in [6, 6.07) is 13.2. The van der Waals surface area contributed by atoms with Gasteiger partial charge in [0.15, 0.2) is 0 Å². The van der Waals surface area contributed by atoms with Gasteiger partial charge in [0, 0.05) is 18.3 Å². The van der Waals surface area contributed by atoms with Crippen LogP contribution in [0.25, 0.3) is 0 Å². The van der Waals surface area contributed by atoms with Crippen LogP contribution in [0.3, 0.4) is 0 Å². The lowest BCUT2D eigenvalue weighted by Crippen LogP contribution is -2.53. The highest BCUT2D eigenvalue weighted by Crippen LogP contribution is 2.23. The molecule has 0 aromatic heterocycles. The molecule has 6 nitrogen and oxygen atoms in total. The molecule has 2 aromatic carbocycles. The number of rotatable bonds is 9. The average Bonchev–Trinajstić information content (AvgIpc) is 2.80. The van der Waals surface area contributed by atoms with Gasteiger partial charge in [0.1, 0.15) is 11.6 Å². The van der Waals surface area contributed by atoms with Gasteiger partial charge in [-0.05, 0) is 74.0 Å². The minimum Gasteiger partial charge on any atom is -0.497 e. The minimum absolute atomic E-state index is 0.0760. The number of amides is 2.